The van der Waals surface area contributed by atoms with Crippen LogP contribution in [0.3, 0.4) is 0 Å². The Kier molecular flexibility index (Phi) is 3.89. The van der Waals surface area contributed by atoms with Gasteiger partial charge in [-0.2, -0.15) is 0 Å². The van der Waals surface area contributed by atoms with E-state index in [9.17, 15) is 5.11 Å². The maximum absolute atomic E-state index is 9.78. The van der Waals surface area contributed by atoms with Gasteiger partial charge in [0.1, 0.15) is 17.1 Å². The van der Waals surface area contributed by atoms with E-state index in [1.54, 1.807) is 0 Å². The molecule has 1 aromatic carbocycles. The number of aliphatic hydroxyl groups excluding tert-OH is 1. The second-order valence-corrected chi connectivity index (χ2v) is 6.36. The minimum absolute atomic E-state index is 0.154. The van der Waals surface area contributed by atoms with E-state index in [4.69, 9.17) is 4.74 Å². The Bertz CT molecular complexity index is 648. The molecule has 2 unspecified atom stereocenters. The second-order valence-electron chi connectivity index (χ2n) is 6.36. The topological polar surface area (TPSA) is 58.1 Å². The lowest BCUT2D eigenvalue weighted by Crippen LogP contribution is -2.24. The van der Waals surface area contributed by atoms with E-state index < -0.39 is 0 Å². The molecule has 1 fully saturated rings. The molecule has 0 spiro atoms. The fraction of sp³-hybridized carbons (Fsp3) is 0.588. The number of H-pyrrole nitrogens is 1. The highest BCUT2D eigenvalue weighted by Gasteiger charge is 2.22. The van der Waals surface area contributed by atoms with E-state index in [1.165, 1.54) is 5.56 Å². The first-order valence-corrected chi connectivity index (χ1v) is 7.82. The monoisotopic (exact) mass is 288 g/mol. The molecule has 2 aromatic rings. The summed E-state index contributed by atoms with van der Waals surface area (Å²) < 4.78 is 6.14. The molecule has 0 aliphatic heterocycles. The number of aliphatic hydroxyl groups is 1. The molecule has 3 rings (SSSR count). The zero-order chi connectivity index (χ0) is 15.0. The second kappa shape index (κ2) is 5.68. The number of aryl methyl sites for hydroxylation is 2. The third kappa shape index (κ3) is 2.91. The molecule has 1 heterocycles. The van der Waals surface area contributed by atoms with Crippen LogP contribution in [0.1, 0.15) is 42.6 Å². The quantitative estimate of drug-likeness (QED) is 0.910. The highest BCUT2D eigenvalue weighted by Crippen LogP contribution is 2.32. The number of nitrogens with one attached hydrogen (secondary N) is 1. The molecular weight excluding hydrogens is 264 g/mol. The molecule has 0 amide bonds. The molecule has 4 heteroatoms. The maximum atomic E-state index is 9.78. The lowest BCUT2D eigenvalue weighted by molar-refractivity contribution is 0.0811. The average molecular weight is 288 g/mol. The number of aromatic nitrogens is 2. The highest BCUT2D eigenvalue weighted by molar-refractivity contribution is 5.84. The summed E-state index contributed by atoms with van der Waals surface area (Å²) in [4.78, 5) is 7.84. The Balaban J connectivity index is 1.84. The van der Waals surface area contributed by atoms with Crippen LogP contribution in [0.5, 0.6) is 5.75 Å². The molecule has 1 aromatic heterocycles. The lowest BCUT2D eigenvalue weighted by Gasteiger charge is -2.26. The van der Waals surface area contributed by atoms with Crippen molar-refractivity contribution in [1.82, 2.24) is 9.97 Å². The number of benzene rings is 1. The van der Waals surface area contributed by atoms with Gasteiger partial charge in [0, 0.05) is 0 Å². The van der Waals surface area contributed by atoms with Crippen LogP contribution in [0.25, 0.3) is 11.0 Å². The average Bonchev–Trinajstić information content (AvgIpc) is 2.79. The number of ether oxygens (including phenoxy) is 1. The molecule has 0 radical (unpaired) electrons. The van der Waals surface area contributed by atoms with Gasteiger partial charge in [0.25, 0.3) is 0 Å². The number of hydrogen-bond donors (Lipinski definition) is 2. The van der Waals surface area contributed by atoms with Gasteiger partial charge in [-0.1, -0.05) is 6.42 Å². The van der Waals surface area contributed by atoms with Crippen molar-refractivity contribution in [3.8, 4) is 5.75 Å². The van der Waals surface area contributed by atoms with Gasteiger partial charge >= 0.3 is 0 Å². The van der Waals surface area contributed by atoms with Gasteiger partial charge in [-0.25, -0.2) is 4.98 Å². The zero-order valence-electron chi connectivity index (χ0n) is 13.1. The molecule has 0 saturated heterocycles. The van der Waals surface area contributed by atoms with Crippen LogP contribution in [0.2, 0.25) is 0 Å². The minimum atomic E-state index is -0.154. The molecule has 1 aliphatic carbocycles. The van der Waals surface area contributed by atoms with Gasteiger partial charge in [0.2, 0.25) is 0 Å². The summed E-state index contributed by atoms with van der Waals surface area (Å²) >= 11 is 0. The Hall–Kier alpha value is -1.55. The fourth-order valence-corrected chi connectivity index (χ4v) is 3.26. The van der Waals surface area contributed by atoms with Gasteiger partial charge in [0.15, 0.2) is 0 Å². The van der Waals surface area contributed by atoms with Crippen molar-refractivity contribution in [2.45, 2.75) is 52.6 Å². The number of aromatic amines is 1. The van der Waals surface area contributed by atoms with E-state index in [0.717, 1.165) is 53.9 Å². The number of fused-ring (bicyclic) bond motifs is 1. The van der Waals surface area contributed by atoms with Gasteiger partial charge < -0.3 is 14.8 Å². The number of rotatable bonds is 3. The third-order valence-electron chi connectivity index (χ3n) is 4.58. The van der Waals surface area contributed by atoms with Crippen molar-refractivity contribution in [1.29, 1.82) is 0 Å². The standard InChI is InChI=1S/C17H24N2O2/c1-10-7-15-16(19-12(3)18-15)17(11(10)2)21-9-13-5-4-6-14(20)8-13/h7,13-14,20H,4-6,8-9H2,1-3H3,(H,18,19). The first kappa shape index (κ1) is 14.4. The van der Waals surface area contributed by atoms with Gasteiger partial charge in [-0.05, 0) is 63.1 Å². The summed E-state index contributed by atoms with van der Waals surface area (Å²) in [5.74, 6) is 2.26. The predicted octanol–water partition coefficient (Wildman–Crippen LogP) is 3.42. The fourth-order valence-electron chi connectivity index (χ4n) is 3.26. The van der Waals surface area contributed by atoms with Crippen molar-refractivity contribution in [2.75, 3.05) is 6.61 Å². The zero-order valence-corrected chi connectivity index (χ0v) is 13.1. The molecule has 1 aliphatic rings. The minimum Gasteiger partial charge on any atom is -0.491 e. The van der Waals surface area contributed by atoms with Crippen LogP contribution in [0, 0.1) is 26.7 Å². The summed E-state index contributed by atoms with van der Waals surface area (Å²) in [5, 5.41) is 9.78. The van der Waals surface area contributed by atoms with Crippen LogP contribution >= 0.6 is 0 Å². The molecule has 21 heavy (non-hydrogen) atoms. The van der Waals surface area contributed by atoms with Crippen molar-refractivity contribution >= 4 is 11.0 Å². The molecule has 0 bridgehead atoms. The summed E-state index contributed by atoms with van der Waals surface area (Å²) in [6, 6.07) is 2.13. The summed E-state index contributed by atoms with van der Waals surface area (Å²) in [7, 11) is 0. The summed E-state index contributed by atoms with van der Waals surface area (Å²) in [5.41, 5.74) is 4.33. The van der Waals surface area contributed by atoms with E-state index in [2.05, 4.69) is 29.9 Å². The molecular formula is C17H24N2O2. The molecule has 4 nitrogen and oxygen atoms in total. The van der Waals surface area contributed by atoms with Crippen molar-refractivity contribution in [3.05, 3.63) is 23.0 Å². The van der Waals surface area contributed by atoms with E-state index in [0.29, 0.717) is 12.5 Å². The number of nitrogens with zero attached hydrogens (tertiary/aromatic N) is 1. The van der Waals surface area contributed by atoms with E-state index >= 15 is 0 Å². The first-order valence-electron chi connectivity index (χ1n) is 7.82. The van der Waals surface area contributed by atoms with E-state index in [-0.39, 0.29) is 6.10 Å². The predicted molar refractivity (Wildman–Crippen MR) is 83.8 cm³/mol. The Morgan fingerprint density at radius 1 is 1.33 bits per heavy atom. The van der Waals surface area contributed by atoms with Gasteiger partial charge in [0.05, 0.1) is 18.2 Å². The summed E-state index contributed by atoms with van der Waals surface area (Å²) in [6.45, 7) is 6.82. The van der Waals surface area contributed by atoms with Gasteiger partial charge in [-0.3, -0.25) is 0 Å². The van der Waals surface area contributed by atoms with Crippen molar-refractivity contribution < 1.29 is 9.84 Å². The number of imidazole rings is 1. The van der Waals surface area contributed by atoms with E-state index in [1.807, 2.05) is 6.92 Å². The summed E-state index contributed by atoms with van der Waals surface area (Å²) in [6.07, 6.45) is 3.87. The number of hydrogen-bond acceptors (Lipinski definition) is 3. The normalized spacial score (nSPS) is 22.7. The molecule has 2 N–H and O–H groups in total. The Morgan fingerprint density at radius 3 is 2.90 bits per heavy atom. The molecule has 1 saturated carbocycles. The van der Waals surface area contributed by atoms with Crippen LogP contribution in [0.15, 0.2) is 6.07 Å². The van der Waals surface area contributed by atoms with Crippen LogP contribution in [-0.2, 0) is 0 Å². The maximum Gasteiger partial charge on any atom is 0.150 e. The smallest absolute Gasteiger partial charge is 0.150 e. The Morgan fingerprint density at radius 2 is 2.14 bits per heavy atom. The van der Waals surface area contributed by atoms with Crippen LogP contribution in [-0.4, -0.2) is 27.8 Å². The van der Waals surface area contributed by atoms with Gasteiger partial charge in [-0.15, -0.1) is 0 Å². The third-order valence-corrected chi connectivity index (χ3v) is 4.58. The Labute approximate surface area is 125 Å². The highest BCUT2D eigenvalue weighted by atomic mass is 16.5. The molecule has 2 atom stereocenters. The van der Waals surface area contributed by atoms with Crippen LogP contribution in [0.4, 0.5) is 0 Å². The van der Waals surface area contributed by atoms with Crippen LogP contribution < -0.4 is 4.74 Å². The molecule has 114 valence electrons. The SMILES string of the molecule is Cc1nc2c(OCC3CCCC(O)C3)c(C)c(C)cc2[nH]1. The van der Waals surface area contributed by atoms with Crippen molar-refractivity contribution in [2.24, 2.45) is 5.92 Å². The lowest BCUT2D eigenvalue weighted by atomic mass is 9.88. The largest absolute Gasteiger partial charge is 0.491 e. The van der Waals surface area contributed by atoms with Crippen molar-refractivity contribution in [3.63, 3.8) is 0 Å². The first-order chi connectivity index (χ1) is 10.0.